The molecule has 7 rings (SSSR count). The highest BCUT2D eigenvalue weighted by Crippen LogP contribution is 2.20. The molecule has 0 unspecified atom stereocenters. The highest BCUT2D eigenvalue weighted by atomic mass is 19.1. The van der Waals surface area contributed by atoms with E-state index in [2.05, 4.69) is 25.8 Å². The first-order valence-corrected chi connectivity index (χ1v) is 19.9. The summed E-state index contributed by atoms with van der Waals surface area (Å²) in [5.41, 5.74) is 9.71. The normalized spacial score (nSPS) is 15.7. The monoisotopic (exact) mass is 778 g/mol. The van der Waals surface area contributed by atoms with Crippen LogP contribution in [0, 0.1) is 12.7 Å². The molecule has 5 N–H and O–H groups in total. The molecule has 0 aliphatic carbocycles. The number of hydrogen-bond donors (Lipinski definition) is 4. The van der Waals surface area contributed by atoms with Crippen molar-refractivity contribution in [2.24, 2.45) is 5.73 Å². The third kappa shape index (κ3) is 10.2. The minimum atomic E-state index is -0.251. The van der Waals surface area contributed by atoms with E-state index in [1.54, 1.807) is 36.2 Å². The number of nitrogens with two attached hydrogens (primary N) is 1. The summed E-state index contributed by atoms with van der Waals surface area (Å²) in [6.45, 7) is 9.07. The standard InChI is InChI=1S/C26H31FN4O2.C18H24N4O2/c1-18-7-8-19(15-23(18)27)17-29-20-9-11-30(12-10-20)13-14-31-24-6-4-3-5-21(24)22(16-25(31)32)26(33)28-2;1-20-18(24)15-12-17(23)22(16-5-3-2-4-14(15)16)11-10-21-8-6-13(19)7-9-21/h3-8,15-16,20,29H,9-14,17H2,1-2H3,(H,28,33);2-5,12-13H,6-11,19H2,1H3,(H,20,24). The molecule has 302 valence electrons. The molecule has 0 saturated carbocycles. The first kappa shape index (κ1) is 41.4. The Morgan fingerprint density at radius 2 is 1.16 bits per heavy atom. The van der Waals surface area contributed by atoms with E-state index in [0.29, 0.717) is 48.4 Å². The molecule has 2 aliphatic rings. The first-order valence-electron chi connectivity index (χ1n) is 19.9. The van der Waals surface area contributed by atoms with Gasteiger partial charge < -0.3 is 40.6 Å². The molecule has 2 aromatic heterocycles. The zero-order chi connectivity index (χ0) is 40.5. The molecular formula is C44H55FN8O4. The van der Waals surface area contributed by atoms with E-state index in [1.165, 1.54) is 12.1 Å². The number of rotatable bonds is 11. The fraction of sp³-hybridized carbons (Fsp3) is 0.409. The number of aryl methyl sites for hydroxylation is 1. The molecule has 2 aliphatic heterocycles. The summed E-state index contributed by atoms with van der Waals surface area (Å²) in [5.74, 6) is -0.644. The van der Waals surface area contributed by atoms with Gasteiger partial charge in [0.25, 0.3) is 22.9 Å². The van der Waals surface area contributed by atoms with Crippen molar-refractivity contribution in [2.45, 2.75) is 64.3 Å². The van der Waals surface area contributed by atoms with Crippen molar-refractivity contribution in [3.05, 3.63) is 128 Å². The summed E-state index contributed by atoms with van der Waals surface area (Å²) in [4.78, 5) is 54.3. The molecule has 0 radical (unpaired) electrons. The van der Waals surface area contributed by atoms with E-state index >= 15 is 0 Å². The highest BCUT2D eigenvalue weighted by molar-refractivity contribution is 6.06. The van der Waals surface area contributed by atoms with Crippen molar-refractivity contribution in [3.8, 4) is 0 Å². The van der Waals surface area contributed by atoms with Crippen LogP contribution in [0.4, 0.5) is 4.39 Å². The molecule has 5 aromatic rings. The number of nitrogens with zero attached hydrogens (tertiary/aromatic N) is 4. The van der Waals surface area contributed by atoms with Crippen molar-refractivity contribution in [3.63, 3.8) is 0 Å². The molecule has 3 aromatic carbocycles. The molecule has 0 bridgehead atoms. The maximum Gasteiger partial charge on any atom is 0.251 e. The van der Waals surface area contributed by atoms with Gasteiger partial charge in [-0.3, -0.25) is 19.2 Å². The Kier molecular flexibility index (Phi) is 14.0. The summed E-state index contributed by atoms with van der Waals surface area (Å²) in [5, 5.41) is 10.3. The van der Waals surface area contributed by atoms with E-state index in [1.807, 2.05) is 60.7 Å². The molecule has 4 heterocycles. The third-order valence-corrected chi connectivity index (χ3v) is 11.3. The van der Waals surface area contributed by atoms with Crippen LogP contribution >= 0.6 is 0 Å². The molecule has 0 spiro atoms. The Hall–Kier alpha value is -5.21. The lowest BCUT2D eigenvalue weighted by Crippen LogP contribution is -2.43. The molecular weight excluding hydrogens is 724 g/mol. The van der Waals surface area contributed by atoms with Crippen LogP contribution in [0.15, 0.2) is 88.5 Å². The average Bonchev–Trinajstić information content (AvgIpc) is 3.23. The minimum Gasteiger partial charge on any atom is -0.355 e. The number of aromatic nitrogens is 2. The fourth-order valence-corrected chi connectivity index (χ4v) is 7.80. The summed E-state index contributed by atoms with van der Waals surface area (Å²) in [6, 6.07) is 24.1. The largest absolute Gasteiger partial charge is 0.355 e. The van der Waals surface area contributed by atoms with Crippen LogP contribution in [0.2, 0.25) is 0 Å². The van der Waals surface area contributed by atoms with Crippen LogP contribution < -0.4 is 32.8 Å². The van der Waals surface area contributed by atoms with Gasteiger partial charge in [-0.05, 0) is 88.1 Å². The van der Waals surface area contributed by atoms with Crippen molar-refractivity contribution in [1.82, 2.24) is 34.9 Å². The number of carbonyl (C=O) groups excluding carboxylic acids is 2. The molecule has 13 heteroatoms. The lowest BCUT2D eigenvalue weighted by atomic mass is 10.0. The number of nitrogens with one attached hydrogen (secondary N) is 3. The predicted octanol–water partition coefficient (Wildman–Crippen LogP) is 3.85. The van der Waals surface area contributed by atoms with E-state index in [-0.39, 0.29) is 28.8 Å². The topological polar surface area (TPSA) is 147 Å². The molecule has 12 nitrogen and oxygen atoms in total. The smallest absolute Gasteiger partial charge is 0.251 e. The maximum atomic E-state index is 13.7. The lowest BCUT2D eigenvalue weighted by Gasteiger charge is -2.32. The van der Waals surface area contributed by atoms with Gasteiger partial charge in [-0.2, -0.15) is 0 Å². The highest BCUT2D eigenvalue weighted by Gasteiger charge is 2.21. The van der Waals surface area contributed by atoms with Gasteiger partial charge in [-0.1, -0.05) is 48.5 Å². The number of fused-ring (bicyclic) bond motifs is 2. The number of likely N-dealkylation sites (tertiary alicyclic amines) is 2. The van der Waals surface area contributed by atoms with E-state index in [9.17, 15) is 23.6 Å². The Labute approximate surface area is 332 Å². The van der Waals surface area contributed by atoms with Gasteiger partial charge in [0, 0.05) is 81.8 Å². The van der Waals surface area contributed by atoms with Gasteiger partial charge in [0.2, 0.25) is 0 Å². The van der Waals surface area contributed by atoms with Crippen molar-refractivity contribution in [2.75, 3.05) is 53.4 Å². The second kappa shape index (κ2) is 19.3. The van der Waals surface area contributed by atoms with Crippen LogP contribution in [0.5, 0.6) is 0 Å². The predicted molar refractivity (Wildman–Crippen MR) is 224 cm³/mol. The number of carbonyl (C=O) groups is 2. The van der Waals surface area contributed by atoms with E-state index < -0.39 is 0 Å². The van der Waals surface area contributed by atoms with Crippen LogP contribution in [0.1, 0.15) is 57.5 Å². The van der Waals surface area contributed by atoms with Gasteiger partial charge in [0.05, 0.1) is 22.2 Å². The van der Waals surface area contributed by atoms with E-state index in [4.69, 9.17) is 5.73 Å². The van der Waals surface area contributed by atoms with Crippen LogP contribution in [0.3, 0.4) is 0 Å². The van der Waals surface area contributed by atoms with Gasteiger partial charge in [-0.25, -0.2) is 4.39 Å². The Morgan fingerprint density at radius 3 is 1.63 bits per heavy atom. The zero-order valence-corrected chi connectivity index (χ0v) is 33.2. The quantitative estimate of drug-likeness (QED) is 0.158. The van der Waals surface area contributed by atoms with Crippen LogP contribution in [-0.2, 0) is 19.6 Å². The molecule has 2 fully saturated rings. The average molecular weight is 779 g/mol. The summed E-state index contributed by atoms with van der Waals surface area (Å²) < 4.78 is 17.3. The number of piperidine rings is 2. The van der Waals surface area contributed by atoms with Crippen molar-refractivity contribution < 1.29 is 14.0 Å². The molecule has 2 saturated heterocycles. The number of amides is 2. The first-order chi connectivity index (χ1) is 27.6. The summed E-state index contributed by atoms with van der Waals surface area (Å²) in [6.07, 6.45) is 4.04. The van der Waals surface area contributed by atoms with E-state index in [0.717, 1.165) is 92.3 Å². The van der Waals surface area contributed by atoms with Crippen LogP contribution in [-0.4, -0.2) is 96.2 Å². The van der Waals surface area contributed by atoms with Gasteiger partial charge >= 0.3 is 0 Å². The Bertz CT molecular complexity index is 2310. The fourth-order valence-electron chi connectivity index (χ4n) is 7.80. The number of pyridine rings is 2. The SMILES string of the molecule is CNC(=O)c1cc(=O)n(CCN2CCC(N)CC2)c2ccccc12.CNC(=O)c1cc(=O)n(CCN2CCC(NCc3ccc(C)c(F)c3)CC2)c2ccccc12. The zero-order valence-electron chi connectivity index (χ0n) is 33.2. The minimum absolute atomic E-state index is 0.138. The summed E-state index contributed by atoms with van der Waals surface area (Å²) in [7, 11) is 3.14. The number of benzene rings is 3. The summed E-state index contributed by atoms with van der Waals surface area (Å²) >= 11 is 0. The Morgan fingerprint density at radius 1 is 0.684 bits per heavy atom. The molecule has 57 heavy (non-hydrogen) atoms. The Balaban J connectivity index is 0.000000203. The molecule has 0 atom stereocenters. The number of halogens is 1. The third-order valence-electron chi connectivity index (χ3n) is 11.3. The number of para-hydroxylation sites is 2. The van der Waals surface area contributed by atoms with Gasteiger partial charge in [-0.15, -0.1) is 0 Å². The maximum absolute atomic E-state index is 13.7. The van der Waals surface area contributed by atoms with Crippen LogP contribution in [0.25, 0.3) is 21.8 Å². The lowest BCUT2D eigenvalue weighted by molar-refractivity contribution is 0.0956. The second-order valence-electron chi connectivity index (χ2n) is 15.0. The second-order valence-corrected chi connectivity index (χ2v) is 15.0. The van der Waals surface area contributed by atoms with Gasteiger partial charge in [0.15, 0.2) is 0 Å². The van der Waals surface area contributed by atoms with Crippen molar-refractivity contribution >= 4 is 33.6 Å². The van der Waals surface area contributed by atoms with Crippen molar-refractivity contribution in [1.29, 1.82) is 0 Å². The number of hydrogen-bond acceptors (Lipinski definition) is 8. The van der Waals surface area contributed by atoms with Gasteiger partial charge in [0.1, 0.15) is 5.82 Å². The molecule has 2 amide bonds.